The number of carbonyl (C=O) groups excluding carboxylic acids is 1. The third kappa shape index (κ3) is 7.22. The zero-order valence-electron chi connectivity index (χ0n) is 19.2. The smallest absolute Gasteiger partial charge is 0.338 e. The molecule has 0 aliphatic carbocycles. The van der Waals surface area contributed by atoms with E-state index in [1.807, 2.05) is 0 Å². The molecular formula is C21H40O4Si2. The SMILES string of the molecule is CCOC(=O)C(O)/C(=C/C#CCO[Si](C)(C)C(C)(C)C)[Si](C)(C)C(C)(C)C. The standard InChI is InChI=1S/C21H40O4Si2/c1-12-24-19(23)18(22)17(26(8,9)20(2,3)4)15-13-14-16-25-27(10,11)21(5,6)7/h15,18,22H,12,16H2,1-11H3/b17-15-. The molecule has 6 heteroatoms. The van der Waals surface area contributed by atoms with Crippen molar-refractivity contribution in [3.8, 4) is 11.8 Å². The van der Waals surface area contributed by atoms with E-state index >= 15 is 0 Å². The molecule has 27 heavy (non-hydrogen) atoms. The van der Waals surface area contributed by atoms with Crippen LogP contribution in [0.3, 0.4) is 0 Å². The molecule has 1 atom stereocenters. The molecule has 156 valence electrons. The van der Waals surface area contributed by atoms with Crippen LogP contribution in [0.25, 0.3) is 0 Å². The maximum atomic E-state index is 12.1. The highest BCUT2D eigenvalue weighted by atomic mass is 28.4. The number of allylic oxidation sites excluding steroid dienone is 1. The summed E-state index contributed by atoms with van der Waals surface area (Å²) in [5.74, 6) is 5.45. The Hall–Kier alpha value is -0.876. The van der Waals surface area contributed by atoms with Crippen molar-refractivity contribution in [1.29, 1.82) is 0 Å². The van der Waals surface area contributed by atoms with Gasteiger partial charge in [0.05, 0.1) is 21.3 Å². The van der Waals surface area contributed by atoms with E-state index < -0.39 is 28.5 Å². The molecule has 1 N–H and O–H groups in total. The Balaban J connectivity index is 5.59. The van der Waals surface area contributed by atoms with Crippen LogP contribution in [0.2, 0.25) is 36.3 Å². The molecule has 0 saturated heterocycles. The number of hydrogen-bond donors (Lipinski definition) is 1. The summed E-state index contributed by atoms with van der Waals surface area (Å²) in [6.45, 7) is 24.0. The van der Waals surface area contributed by atoms with Gasteiger partial charge in [-0.05, 0) is 41.4 Å². The quantitative estimate of drug-likeness (QED) is 0.382. The van der Waals surface area contributed by atoms with Crippen LogP contribution in [-0.2, 0) is 14.0 Å². The van der Waals surface area contributed by atoms with Crippen LogP contribution in [0, 0.1) is 11.8 Å². The summed E-state index contributed by atoms with van der Waals surface area (Å²) in [6.07, 6.45) is 0.454. The highest BCUT2D eigenvalue weighted by molar-refractivity contribution is 6.87. The van der Waals surface area contributed by atoms with Crippen molar-refractivity contribution < 1.29 is 19.1 Å². The van der Waals surface area contributed by atoms with E-state index in [4.69, 9.17) is 9.16 Å². The lowest BCUT2D eigenvalue weighted by atomic mass is 10.2. The van der Waals surface area contributed by atoms with E-state index in [1.54, 1.807) is 13.0 Å². The summed E-state index contributed by atoms with van der Waals surface area (Å²) in [5.41, 5.74) is 0. The number of aliphatic hydroxyl groups excluding tert-OH is 1. The average Bonchev–Trinajstić information content (AvgIpc) is 2.47. The monoisotopic (exact) mass is 412 g/mol. The molecule has 0 aliphatic rings. The van der Waals surface area contributed by atoms with Crippen molar-refractivity contribution in [3.05, 3.63) is 11.3 Å². The van der Waals surface area contributed by atoms with Crippen LogP contribution >= 0.6 is 0 Å². The predicted molar refractivity (Wildman–Crippen MR) is 119 cm³/mol. The second-order valence-corrected chi connectivity index (χ2v) is 20.1. The Morgan fingerprint density at radius 2 is 1.59 bits per heavy atom. The summed E-state index contributed by atoms with van der Waals surface area (Å²) in [7, 11) is -3.98. The Bertz CT molecular complexity index is 596. The predicted octanol–water partition coefficient (Wildman–Crippen LogP) is 4.91. The number of rotatable bonds is 6. The molecule has 1 unspecified atom stereocenters. The molecule has 0 saturated carbocycles. The summed E-state index contributed by atoms with van der Waals surface area (Å²) in [4.78, 5) is 12.1. The van der Waals surface area contributed by atoms with E-state index in [2.05, 4.69) is 79.6 Å². The minimum atomic E-state index is -2.14. The van der Waals surface area contributed by atoms with Gasteiger partial charge in [0.1, 0.15) is 0 Å². The summed E-state index contributed by atoms with van der Waals surface area (Å²) >= 11 is 0. The molecule has 0 aromatic carbocycles. The highest BCUT2D eigenvalue weighted by Crippen LogP contribution is 2.41. The van der Waals surface area contributed by atoms with E-state index in [1.165, 1.54) is 0 Å². The van der Waals surface area contributed by atoms with Gasteiger partial charge in [0, 0.05) is 0 Å². The van der Waals surface area contributed by atoms with Gasteiger partial charge in [0.15, 0.2) is 14.4 Å². The van der Waals surface area contributed by atoms with Crippen LogP contribution in [-0.4, -0.2) is 46.8 Å². The zero-order valence-corrected chi connectivity index (χ0v) is 21.2. The van der Waals surface area contributed by atoms with Crippen molar-refractivity contribution in [2.45, 2.75) is 90.8 Å². The molecule has 0 heterocycles. The summed E-state index contributed by atoms with van der Waals surface area (Å²) in [6, 6.07) is 0. The number of esters is 1. The largest absolute Gasteiger partial charge is 0.464 e. The van der Waals surface area contributed by atoms with Gasteiger partial charge in [-0.2, -0.15) is 0 Å². The van der Waals surface area contributed by atoms with Gasteiger partial charge in [-0.25, -0.2) is 4.79 Å². The van der Waals surface area contributed by atoms with Gasteiger partial charge < -0.3 is 14.3 Å². The van der Waals surface area contributed by atoms with E-state index in [9.17, 15) is 9.90 Å². The maximum Gasteiger partial charge on any atom is 0.338 e. The third-order valence-electron chi connectivity index (χ3n) is 6.04. The topological polar surface area (TPSA) is 55.8 Å². The normalized spacial score (nSPS) is 15.0. The van der Waals surface area contributed by atoms with Crippen LogP contribution in [0.4, 0.5) is 0 Å². The molecule has 0 radical (unpaired) electrons. The fraction of sp³-hybridized carbons (Fsp3) is 0.762. The molecule has 0 rings (SSSR count). The number of aliphatic hydroxyl groups is 1. The fourth-order valence-corrected chi connectivity index (χ4v) is 4.95. The van der Waals surface area contributed by atoms with Crippen molar-refractivity contribution in [3.63, 3.8) is 0 Å². The lowest BCUT2D eigenvalue weighted by Crippen LogP contribution is -2.46. The van der Waals surface area contributed by atoms with E-state index in [0.29, 0.717) is 11.8 Å². The first-order chi connectivity index (χ1) is 12.0. The fourth-order valence-electron chi connectivity index (χ4n) is 1.99. The van der Waals surface area contributed by atoms with Gasteiger partial charge in [-0.3, -0.25) is 0 Å². The summed E-state index contributed by atoms with van der Waals surface area (Å²) < 4.78 is 11.1. The lowest BCUT2D eigenvalue weighted by molar-refractivity contribution is -0.150. The van der Waals surface area contributed by atoms with Crippen molar-refractivity contribution >= 4 is 22.4 Å². The molecule has 0 amide bonds. The number of hydrogen-bond acceptors (Lipinski definition) is 4. The van der Waals surface area contributed by atoms with Gasteiger partial charge in [-0.1, -0.05) is 66.5 Å². The second kappa shape index (κ2) is 9.55. The molecule has 0 aliphatic heterocycles. The average molecular weight is 413 g/mol. The van der Waals surface area contributed by atoms with Crippen LogP contribution in [0.5, 0.6) is 0 Å². The number of ether oxygens (including phenoxy) is 1. The molecule has 0 spiro atoms. The number of carbonyl (C=O) groups is 1. The molecule has 4 nitrogen and oxygen atoms in total. The van der Waals surface area contributed by atoms with Crippen molar-refractivity contribution in [2.75, 3.05) is 13.2 Å². The van der Waals surface area contributed by atoms with Gasteiger partial charge in [0.2, 0.25) is 0 Å². The van der Waals surface area contributed by atoms with Crippen LogP contribution in [0.1, 0.15) is 48.5 Å². The van der Waals surface area contributed by atoms with Crippen LogP contribution in [0.15, 0.2) is 11.3 Å². The first kappa shape index (κ1) is 26.1. The van der Waals surface area contributed by atoms with Gasteiger partial charge in [-0.15, -0.1) is 0 Å². The zero-order chi connectivity index (χ0) is 21.7. The minimum absolute atomic E-state index is 0.0361. The third-order valence-corrected chi connectivity index (χ3v) is 16.1. The Kier molecular flexibility index (Phi) is 9.24. The second-order valence-electron chi connectivity index (χ2n) is 10.00. The summed E-state index contributed by atoms with van der Waals surface area (Å²) in [5, 5.41) is 11.4. The van der Waals surface area contributed by atoms with Crippen LogP contribution < -0.4 is 0 Å². The molecule has 0 bridgehead atoms. The first-order valence-electron chi connectivity index (χ1n) is 9.66. The molecular weight excluding hydrogens is 372 g/mol. The lowest BCUT2D eigenvalue weighted by Gasteiger charge is -2.40. The first-order valence-corrected chi connectivity index (χ1v) is 15.6. The molecule has 0 aromatic heterocycles. The Labute approximate surface area is 168 Å². The Morgan fingerprint density at radius 1 is 1.07 bits per heavy atom. The van der Waals surface area contributed by atoms with Gasteiger partial charge >= 0.3 is 5.97 Å². The maximum absolute atomic E-state index is 12.1. The van der Waals surface area contributed by atoms with E-state index in [-0.39, 0.29) is 16.7 Å². The minimum Gasteiger partial charge on any atom is -0.464 e. The molecule has 0 aromatic rings. The highest BCUT2D eigenvalue weighted by Gasteiger charge is 2.43. The van der Waals surface area contributed by atoms with Gasteiger partial charge in [0.25, 0.3) is 0 Å². The molecule has 0 fully saturated rings. The Morgan fingerprint density at radius 3 is 2.00 bits per heavy atom. The van der Waals surface area contributed by atoms with Crippen molar-refractivity contribution in [2.24, 2.45) is 0 Å². The van der Waals surface area contributed by atoms with Crippen molar-refractivity contribution in [1.82, 2.24) is 0 Å². The van der Waals surface area contributed by atoms with E-state index in [0.717, 1.165) is 0 Å².